The van der Waals surface area contributed by atoms with Gasteiger partial charge in [0.2, 0.25) is 11.6 Å². The third kappa shape index (κ3) is 5.16. The van der Waals surface area contributed by atoms with Crippen molar-refractivity contribution in [2.75, 3.05) is 9.80 Å². The molecule has 2 nitrogen and oxygen atoms in total. The standard InChI is InChI=1S/C56H42F10N2/c1-53-21-5-7-23-55(53,3)67(51-47(63)43(59)41(57)44(60)48(51)64)37-19-13-29(25-35(37)53)31-15-9-27-12-18-34-32(16-10-28-11-17-33(31)39(27)40(28)34)30-14-20-38-36(26-30)54(2)22-6-8-24-56(54,4)68(38)52-49(65)45(61)42(58)46(62)50(52)66/h9-20,25-26H,5-8,21-24H2,1-4H3. The van der Waals surface area contributed by atoms with Crippen molar-refractivity contribution in [2.45, 2.75) is 101 Å². The highest BCUT2D eigenvalue weighted by Crippen LogP contribution is 2.64. The monoisotopic (exact) mass is 932 g/mol. The second-order valence-electron chi connectivity index (χ2n) is 20.2. The lowest BCUT2D eigenvalue weighted by atomic mass is 9.61. The van der Waals surface area contributed by atoms with Crippen LogP contribution in [0.2, 0.25) is 0 Å². The van der Waals surface area contributed by atoms with Crippen LogP contribution in [0, 0.1) is 58.2 Å². The first-order valence-corrected chi connectivity index (χ1v) is 23.0. The SMILES string of the molecule is CC12CCCCC1(C)N(c1c(F)c(F)c(F)c(F)c1F)c1ccc(-c3ccc4ccc5c(-c6ccc7c(c6)C6(C)CCCCC6(C)N7c6c(F)c(F)c(F)c(F)c6F)ccc6ccc3c4c65)cc12. The maximum absolute atomic E-state index is 15.7. The molecule has 346 valence electrons. The molecule has 0 radical (unpaired) electrons. The minimum absolute atomic E-state index is 0.387. The van der Waals surface area contributed by atoms with Gasteiger partial charge in [-0.25, -0.2) is 43.9 Å². The van der Waals surface area contributed by atoms with Gasteiger partial charge in [0.15, 0.2) is 46.5 Å². The Kier molecular flexibility index (Phi) is 8.94. The van der Waals surface area contributed by atoms with Crippen molar-refractivity contribution in [3.63, 3.8) is 0 Å². The predicted octanol–water partition coefficient (Wildman–Crippen LogP) is 16.8. The summed E-state index contributed by atoms with van der Waals surface area (Å²) in [6.45, 7) is 7.71. The van der Waals surface area contributed by atoms with E-state index in [1.807, 2.05) is 88.4 Å². The van der Waals surface area contributed by atoms with Crippen molar-refractivity contribution in [1.82, 2.24) is 0 Å². The average Bonchev–Trinajstić information content (AvgIpc) is 3.67. The van der Waals surface area contributed by atoms with Crippen LogP contribution in [0.4, 0.5) is 66.7 Å². The summed E-state index contributed by atoms with van der Waals surface area (Å²) < 4.78 is 151. The zero-order chi connectivity index (χ0) is 47.7. The molecule has 2 aliphatic heterocycles. The van der Waals surface area contributed by atoms with Crippen molar-refractivity contribution in [2.24, 2.45) is 0 Å². The zero-order valence-electron chi connectivity index (χ0n) is 37.4. The zero-order valence-corrected chi connectivity index (χ0v) is 37.4. The first kappa shape index (κ1) is 43.0. The topological polar surface area (TPSA) is 6.48 Å². The molecular weight excluding hydrogens is 891 g/mol. The molecule has 8 aromatic carbocycles. The summed E-state index contributed by atoms with van der Waals surface area (Å²) in [7, 11) is 0. The molecule has 0 N–H and O–H groups in total. The van der Waals surface area contributed by atoms with Gasteiger partial charge in [-0.05, 0) is 129 Å². The Morgan fingerprint density at radius 1 is 0.368 bits per heavy atom. The Morgan fingerprint density at radius 3 is 1.06 bits per heavy atom. The normalized spacial score (nSPS) is 24.3. The average molecular weight is 933 g/mol. The van der Waals surface area contributed by atoms with Crippen molar-refractivity contribution in [1.29, 1.82) is 0 Å². The quantitative estimate of drug-likeness (QED) is 0.0751. The number of anilines is 4. The number of benzene rings is 8. The summed E-state index contributed by atoms with van der Waals surface area (Å²) in [6, 6.07) is 27.5. The number of rotatable bonds is 4. The molecule has 4 unspecified atom stereocenters. The Balaban J connectivity index is 1.02. The lowest BCUT2D eigenvalue weighted by molar-refractivity contribution is 0.192. The van der Waals surface area contributed by atoms with Gasteiger partial charge in [-0.1, -0.05) is 100 Å². The predicted molar refractivity (Wildman–Crippen MR) is 246 cm³/mol. The van der Waals surface area contributed by atoms with Crippen LogP contribution in [0.3, 0.4) is 0 Å². The maximum Gasteiger partial charge on any atom is 0.200 e. The minimum atomic E-state index is -2.20. The molecule has 8 aromatic rings. The fraction of sp³-hybridized carbons (Fsp3) is 0.286. The van der Waals surface area contributed by atoms with Gasteiger partial charge in [-0.15, -0.1) is 0 Å². The molecule has 2 aliphatic carbocycles. The van der Waals surface area contributed by atoms with Gasteiger partial charge in [0.25, 0.3) is 0 Å². The number of hydrogen-bond donors (Lipinski definition) is 0. The Morgan fingerprint density at radius 2 is 0.691 bits per heavy atom. The number of halogens is 10. The lowest BCUT2D eigenvalue weighted by Gasteiger charge is -2.50. The molecule has 4 atom stereocenters. The van der Waals surface area contributed by atoms with Crippen LogP contribution < -0.4 is 9.80 Å². The van der Waals surface area contributed by atoms with E-state index in [2.05, 4.69) is 12.1 Å². The third-order valence-corrected chi connectivity index (χ3v) is 17.3. The fourth-order valence-electron chi connectivity index (χ4n) is 13.4. The van der Waals surface area contributed by atoms with E-state index < -0.39 is 91.5 Å². The number of fused-ring (bicyclic) bond motifs is 6. The first-order valence-electron chi connectivity index (χ1n) is 23.0. The molecule has 4 aliphatic rings. The van der Waals surface area contributed by atoms with E-state index in [1.54, 1.807) is 12.1 Å². The molecule has 2 saturated carbocycles. The van der Waals surface area contributed by atoms with Crippen LogP contribution in [-0.4, -0.2) is 11.1 Å². The first-order chi connectivity index (χ1) is 32.4. The second-order valence-corrected chi connectivity index (χ2v) is 20.2. The van der Waals surface area contributed by atoms with E-state index in [0.717, 1.165) is 78.5 Å². The van der Waals surface area contributed by atoms with E-state index >= 15 is 17.6 Å². The largest absolute Gasteiger partial charge is 0.329 e. The summed E-state index contributed by atoms with van der Waals surface area (Å²) >= 11 is 0. The highest BCUT2D eigenvalue weighted by atomic mass is 19.2. The van der Waals surface area contributed by atoms with Gasteiger partial charge in [0.1, 0.15) is 11.4 Å². The van der Waals surface area contributed by atoms with E-state index in [0.29, 0.717) is 49.9 Å². The van der Waals surface area contributed by atoms with Crippen LogP contribution >= 0.6 is 0 Å². The molecule has 0 aromatic heterocycles. The van der Waals surface area contributed by atoms with Gasteiger partial charge in [-0.2, -0.15) is 0 Å². The van der Waals surface area contributed by atoms with Gasteiger partial charge in [0.05, 0.1) is 11.1 Å². The van der Waals surface area contributed by atoms with Crippen LogP contribution in [-0.2, 0) is 10.8 Å². The molecule has 0 spiro atoms. The Hall–Kier alpha value is -6.30. The highest BCUT2D eigenvalue weighted by Gasteiger charge is 2.60. The summed E-state index contributed by atoms with van der Waals surface area (Å²) in [4.78, 5) is 2.69. The van der Waals surface area contributed by atoms with E-state index in [1.165, 1.54) is 9.80 Å². The van der Waals surface area contributed by atoms with Crippen molar-refractivity contribution in [3.05, 3.63) is 154 Å². The number of hydrogen-bond acceptors (Lipinski definition) is 2. The van der Waals surface area contributed by atoms with E-state index in [-0.39, 0.29) is 0 Å². The van der Waals surface area contributed by atoms with Gasteiger partial charge >= 0.3 is 0 Å². The van der Waals surface area contributed by atoms with Gasteiger partial charge in [0, 0.05) is 22.2 Å². The molecule has 0 amide bonds. The van der Waals surface area contributed by atoms with E-state index in [9.17, 15) is 26.3 Å². The summed E-state index contributed by atoms with van der Waals surface area (Å²) in [5.74, 6) is -19.8. The molecule has 0 saturated heterocycles. The van der Waals surface area contributed by atoms with Crippen LogP contribution in [0.25, 0.3) is 54.6 Å². The summed E-state index contributed by atoms with van der Waals surface area (Å²) in [5, 5.41) is 5.79. The smallest absolute Gasteiger partial charge is 0.200 e. The van der Waals surface area contributed by atoms with Crippen molar-refractivity contribution < 1.29 is 43.9 Å². The molecule has 2 heterocycles. The van der Waals surface area contributed by atoms with E-state index in [4.69, 9.17) is 0 Å². The summed E-state index contributed by atoms with van der Waals surface area (Å²) in [6.07, 6.45) is 5.21. The minimum Gasteiger partial charge on any atom is -0.329 e. The fourth-order valence-corrected chi connectivity index (χ4v) is 13.4. The van der Waals surface area contributed by atoms with Crippen LogP contribution in [0.5, 0.6) is 0 Å². The molecule has 12 heteroatoms. The van der Waals surface area contributed by atoms with Crippen LogP contribution in [0.1, 0.15) is 90.2 Å². The Bertz CT molecular complexity index is 3240. The Labute approximate surface area is 385 Å². The lowest BCUT2D eigenvalue weighted by Crippen LogP contribution is -2.55. The van der Waals surface area contributed by atoms with Crippen molar-refractivity contribution in [3.8, 4) is 22.3 Å². The van der Waals surface area contributed by atoms with Gasteiger partial charge < -0.3 is 9.80 Å². The number of nitrogens with zero attached hydrogens (tertiary/aromatic N) is 2. The molecule has 0 bridgehead atoms. The highest BCUT2D eigenvalue weighted by molar-refractivity contribution is 6.27. The molecule has 68 heavy (non-hydrogen) atoms. The summed E-state index contributed by atoms with van der Waals surface area (Å²) in [5.41, 5.74) is 0.299. The molecular formula is C56H42F10N2. The molecule has 12 rings (SSSR count). The second kappa shape index (κ2) is 14.1. The third-order valence-electron chi connectivity index (χ3n) is 17.3. The van der Waals surface area contributed by atoms with Crippen LogP contribution in [0.15, 0.2) is 84.9 Å². The van der Waals surface area contributed by atoms with Gasteiger partial charge in [-0.3, -0.25) is 0 Å². The maximum atomic E-state index is 15.7. The molecule has 2 fully saturated rings. The van der Waals surface area contributed by atoms with Crippen molar-refractivity contribution >= 4 is 55.1 Å².